The number of benzene rings is 1. The number of hydrogen-bond donors (Lipinski definition) is 1. The number of hydrogen-bond acceptors (Lipinski definition) is 3. The monoisotopic (exact) mass is 248 g/mol. The van der Waals surface area contributed by atoms with Crippen LogP contribution < -0.4 is 5.32 Å². The summed E-state index contributed by atoms with van der Waals surface area (Å²) in [6.07, 6.45) is 0. The van der Waals surface area contributed by atoms with Crippen LogP contribution in [0.2, 0.25) is 0 Å². The molecule has 0 unspecified atom stereocenters. The van der Waals surface area contributed by atoms with Gasteiger partial charge in [0.2, 0.25) is 5.91 Å². The van der Waals surface area contributed by atoms with Gasteiger partial charge in [-0.05, 0) is 45.0 Å². The Bertz CT molecular complexity index is 426. The second kappa shape index (κ2) is 5.74. The lowest BCUT2D eigenvalue weighted by Crippen LogP contribution is -2.41. The van der Waals surface area contributed by atoms with E-state index in [1.54, 1.807) is 12.1 Å². The Morgan fingerprint density at radius 1 is 1.35 bits per heavy atom. The van der Waals surface area contributed by atoms with Crippen LogP contribution in [0.25, 0.3) is 0 Å². The van der Waals surface area contributed by atoms with Crippen molar-refractivity contribution in [2.24, 2.45) is 0 Å². The van der Waals surface area contributed by atoms with Crippen LogP contribution in [0.3, 0.4) is 0 Å². The molecule has 1 aromatic rings. The van der Waals surface area contributed by atoms with Gasteiger partial charge in [0, 0.05) is 10.4 Å². The number of thioether (sulfide) groups is 1. The standard InChI is InChI=1S/C13H16N2OS/c1-13(2,3)15-12(16)9-17-11-6-4-10(8-14)5-7-11/h4-7H,9H2,1-3H3,(H,15,16). The minimum absolute atomic E-state index is 0.0202. The van der Waals surface area contributed by atoms with Gasteiger partial charge in [-0.25, -0.2) is 0 Å². The van der Waals surface area contributed by atoms with Gasteiger partial charge < -0.3 is 5.32 Å². The molecule has 1 N–H and O–H groups in total. The number of nitrogens with one attached hydrogen (secondary N) is 1. The van der Waals surface area contributed by atoms with Crippen molar-refractivity contribution in [3.8, 4) is 6.07 Å². The van der Waals surface area contributed by atoms with E-state index in [0.717, 1.165) is 4.90 Å². The molecule has 0 heterocycles. The highest BCUT2D eigenvalue weighted by Crippen LogP contribution is 2.18. The summed E-state index contributed by atoms with van der Waals surface area (Å²) < 4.78 is 0. The van der Waals surface area contributed by atoms with E-state index in [0.29, 0.717) is 11.3 Å². The summed E-state index contributed by atoms with van der Waals surface area (Å²) in [5, 5.41) is 11.6. The van der Waals surface area contributed by atoms with Gasteiger partial charge >= 0.3 is 0 Å². The number of carbonyl (C=O) groups is 1. The lowest BCUT2D eigenvalue weighted by molar-refractivity contribution is -0.119. The summed E-state index contributed by atoms with van der Waals surface area (Å²) in [5.41, 5.74) is 0.441. The van der Waals surface area contributed by atoms with E-state index >= 15 is 0 Å². The summed E-state index contributed by atoms with van der Waals surface area (Å²) in [6, 6.07) is 9.28. The molecule has 3 nitrogen and oxygen atoms in total. The van der Waals surface area contributed by atoms with Crippen molar-refractivity contribution < 1.29 is 4.79 Å². The molecule has 0 aromatic heterocycles. The van der Waals surface area contributed by atoms with Gasteiger partial charge in [-0.1, -0.05) is 0 Å². The van der Waals surface area contributed by atoms with Crippen LogP contribution >= 0.6 is 11.8 Å². The molecule has 0 fully saturated rings. The fraction of sp³-hybridized carbons (Fsp3) is 0.385. The van der Waals surface area contributed by atoms with Crippen molar-refractivity contribution in [1.82, 2.24) is 5.32 Å². The normalized spacial score (nSPS) is 10.7. The summed E-state index contributed by atoms with van der Waals surface area (Å²) in [7, 11) is 0. The fourth-order valence-corrected chi connectivity index (χ4v) is 1.93. The number of nitrogens with zero attached hydrogens (tertiary/aromatic N) is 1. The second-order valence-electron chi connectivity index (χ2n) is 4.72. The molecule has 1 rings (SSSR count). The zero-order chi connectivity index (χ0) is 12.9. The summed E-state index contributed by atoms with van der Waals surface area (Å²) in [6.45, 7) is 5.87. The van der Waals surface area contributed by atoms with E-state index in [4.69, 9.17) is 5.26 Å². The Labute approximate surface area is 106 Å². The van der Waals surface area contributed by atoms with Crippen LogP contribution in [0.5, 0.6) is 0 Å². The van der Waals surface area contributed by atoms with Gasteiger partial charge in [-0.3, -0.25) is 4.79 Å². The molecule has 17 heavy (non-hydrogen) atoms. The van der Waals surface area contributed by atoms with E-state index in [-0.39, 0.29) is 11.4 Å². The quantitative estimate of drug-likeness (QED) is 0.836. The molecule has 1 aromatic carbocycles. The molecule has 0 saturated heterocycles. The minimum Gasteiger partial charge on any atom is -0.351 e. The first-order chi connectivity index (χ1) is 7.90. The SMILES string of the molecule is CC(C)(C)NC(=O)CSc1ccc(C#N)cc1. The Morgan fingerprint density at radius 3 is 2.41 bits per heavy atom. The topological polar surface area (TPSA) is 52.9 Å². The number of nitriles is 1. The van der Waals surface area contributed by atoms with Crippen LogP contribution in [0.1, 0.15) is 26.3 Å². The zero-order valence-corrected chi connectivity index (χ0v) is 11.1. The summed E-state index contributed by atoms with van der Waals surface area (Å²) >= 11 is 1.47. The molecule has 0 saturated carbocycles. The molecule has 0 aliphatic carbocycles. The van der Waals surface area contributed by atoms with Crippen molar-refractivity contribution in [2.75, 3.05) is 5.75 Å². The van der Waals surface area contributed by atoms with Crippen LogP contribution in [-0.2, 0) is 4.79 Å². The molecular formula is C13H16N2OS. The molecular weight excluding hydrogens is 232 g/mol. The largest absolute Gasteiger partial charge is 0.351 e. The summed E-state index contributed by atoms with van der Waals surface area (Å²) in [4.78, 5) is 12.6. The molecule has 90 valence electrons. The average Bonchev–Trinajstić information content (AvgIpc) is 2.25. The molecule has 1 amide bonds. The van der Waals surface area contributed by atoms with Crippen LogP contribution in [0.4, 0.5) is 0 Å². The van der Waals surface area contributed by atoms with Crippen LogP contribution in [-0.4, -0.2) is 17.2 Å². The fourth-order valence-electron chi connectivity index (χ4n) is 1.23. The van der Waals surface area contributed by atoms with E-state index < -0.39 is 0 Å². The van der Waals surface area contributed by atoms with Crippen molar-refractivity contribution in [1.29, 1.82) is 5.26 Å². The van der Waals surface area contributed by atoms with Gasteiger partial charge in [0.15, 0.2) is 0 Å². The van der Waals surface area contributed by atoms with E-state index in [1.807, 2.05) is 32.9 Å². The summed E-state index contributed by atoms with van der Waals surface area (Å²) in [5.74, 6) is 0.412. The molecule has 0 radical (unpaired) electrons. The third kappa shape index (κ3) is 5.41. The molecule has 0 bridgehead atoms. The van der Waals surface area contributed by atoms with Crippen molar-refractivity contribution in [3.63, 3.8) is 0 Å². The van der Waals surface area contributed by atoms with Crippen molar-refractivity contribution >= 4 is 17.7 Å². The predicted octanol–water partition coefficient (Wildman–Crippen LogP) is 2.57. The molecule has 4 heteroatoms. The number of amides is 1. The first-order valence-corrected chi connectivity index (χ1v) is 6.33. The lowest BCUT2D eigenvalue weighted by atomic mass is 10.1. The molecule has 0 aliphatic heterocycles. The van der Waals surface area contributed by atoms with Gasteiger partial charge in [0.1, 0.15) is 0 Å². The molecule has 0 atom stereocenters. The van der Waals surface area contributed by atoms with Crippen LogP contribution in [0, 0.1) is 11.3 Å². The second-order valence-corrected chi connectivity index (χ2v) is 5.77. The highest BCUT2D eigenvalue weighted by atomic mass is 32.2. The van der Waals surface area contributed by atoms with Crippen molar-refractivity contribution in [3.05, 3.63) is 29.8 Å². The van der Waals surface area contributed by atoms with E-state index in [2.05, 4.69) is 11.4 Å². The third-order valence-corrected chi connectivity index (χ3v) is 2.88. The molecule has 0 spiro atoms. The average molecular weight is 248 g/mol. The maximum atomic E-state index is 11.6. The Balaban J connectivity index is 2.45. The predicted molar refractivity (Wildman–Crippen MR) is 69.8 cm³/mol. The maximum Gasteiger partial charge on any atom is 0.230 e. The Kier molecular flexibility index (Phi) is 4.59. The van der Waals surface area contributed by atoms with Gasteiger partial charge in [-0.15, -0.1) is 11.8 Å². The highest BCUT2D eigenvalue weighted by molar-refractivity contribution is 8.00. The highest BCUT2D eigenvalue weighted by Gasteiger charge is 2.13. The van der Waals surface area contributed by atoms with Crippen molar-refractivity contribution in [2.45, 2.75) is 31.2 Å². The third-order valence-electron chi connectivity index (χ3n) is 1.87. The maximum absolute atomic E-state index is 11.6. The minimum atomic E-state index is -0.192. The first kappa shape index (κ1) is 13.6. The van der Waals surface area contributed by atoms with Gasteiger partial charge in [0.05, 0.1) is 17.4 Å². The van der Waals surface area contributed by atoms with Crippen LogP contribution in [0.15, 0.2) is 29.2 Å². The smallest absolute Gasteiger partial charge is 0.230 e. The van der Waals surface area contributed by atoms with E-state index in [1.165, 1.54) is 11.8 Å². The van der Waals surface area contributed by atoms with Gasteiger partial charge in [0.25, 0.3) is 0 Å². The zero-order valence-electron chi connectivity index (χ0n) is 10.3. The number of carbonyl (C=O) groups excluding carboxylic acids is 1. The first-order valence-electron chi connectivity index (χ1n) is 5.35. The lowest BCUT2D eigenvalue weighted by Gasteiger charge is -2.20. The number of rotatable bonds is 3. The Hall–Kier alpha value is -1.47. The molecule has 0 aliphatic rings. The Morgan fingerprint density at radius 2 is 1.94 bits per heavy atom. The van der Waals surface area contributed by atoms with Gasteiger partial charge in [-0.2, -0.15) is 5.26 Å². The van der Waals surface area contributed by atoms with E-state index in [9.17, 15) is 4.79 Å².